The fourth-order valence-corrected chi connectivity index (χ4v) is 5.15. The zero-order valence-corrected chi connectivity index (χ0v) is 20.5. The highest BCUT2D eigenvalue weighted by Gasteiger charge is 2.19. The molecule has 0 aromatic heterocycles. The first-order chi connectivity index (χ1) is 17.0. The maximum absolute atomic E-state index is 12.9. The standard InChI is InChI=1S/C26H30N4O4S/c1-34-25-13-6-5-12-24(25)28-35(32,33)23-11-7-8-21(20-23)26(31)27-14-15-29-16-18-30(19-17-29)22-9-3-2-4-10-22/h2-13,20,28H,14-19H2,1H3,(H,27,31). The van der Waals surface area contributed by atoms with Crippen molar-refractivity contribution in [2.45, 2.75) is 4.90 Å². The number of carbonyl (C=O) groups is 1. The molecule has 1 aliphatic heterocycles. The minimum atomic E-state index is -3.89. The fraction of sp³-hybridized carbons (Fsp3) is 0.269. The third-order valence-electron chi connectivity index (χ3n) is 5.97. The Balaban J connectivity index is 1.30. The van der Waals surface area contributed by atoms with Gasteiger partial charge in [0.1, 0.15) is 5.75 Å². The molecule has 9 heteroatoms. The normalized spacial score (nSPS) is 14.4. The molecule has 0 spiro atoms. The molecule has 1 heterocycles. The van der Waals surface area contributed by atoms with Crippen molar-refractivity contribution in [3.05, 3.63) is 84.4 Å². The Kier molecular flexibility index (Phi) is 7.89. The third kappa shape index (κ3) is 6.32. The second kappa shape index (κ2) is 11.2. The van der Waals surface area contributed by atoms with Gasteiger partial charge in [0.25, 0.3) is 15.9 Å². The van der Waals surface area contributed by atoms with Crippen LogP contribution in [0.5, 0.6) is 5.75 Å². The number of nitrogens with one attached hydrogen (secondary N) is 2. The number of anilines is 2. The van der Waals surface area contributed by atoms with Crippen molar-refractivity contribution in [3.8, 4) is 5.75 Å². The first-order valence-electron chi connectivity index (χ1n) is 11.5. The maximum atomic E-state index is 12.9. The second-order valence-electron chi connectivity index (χ2n) is 8.25. The van der Waals surface area contributed by atoms with E-state index in [1.54, 1.807) is 36.4 Å². The van der Waals surface area contributed by atoms with E-state index in [0.717, 1.165) is 32.7 Å². The lowest BCUT2D eigenvalue weighted by Gasteiger charge is -2.36. The van der Waals surface area contributed by atoms with E-state index in [2.05, 4.69) is 32.0 Å². The quantitative estimate of drug-likeness (QED) is 0.475. The molecule has 0 unspecified atom stereocenters. The first-order valence-corrected chi connectivity index (χ1v) is 13.0. The predicted molar refractivity (Wildman–Crippen MR) is 138 cm³/mol. The van der Waals surface area contributed by atoms with E-state index in [-0.39, 0.29) is 10.8 Å². The number of carbonyl (C=O) groups excluding carboxylic acids is 1. The summed E-state index contributed by atoms with van der Waals surface area (Å²) in [7, 11) is -2.42. The number of piperazine rings is 1. The lowest BCUT2D eigenvalue weighted by molar-refractivity contribution is 0.0947. The summed E-state index contributed by atoms with van der Waals surface area (Å²) in [4.78, 5) is 17.4. The predicted octanol–water partition coefficient (Wildman–Crippen LogP) is 3.05. The highest BCUT2D eigenvalue weighted by atomic mass is 32.2. The van der Waals surface area contributed by atoms with Gasteiger partial charge in [-0.3, -0.25) is 14.4 Å². The van der Waals surface area contributed by atoms with Crippen molar-refractivity contribution in [3.63, 3.8) is 0 Å². The molecular weight excluding hydrogens is 464 g/mol. The number of amides is 1. The van der Waals surface area contributed by atoms with Crippen molar-refractivity contribution < 1.29 is 17.9 Å². The Morgan fingerprint density at radius 3 is 2.37 bits per heavy atom. The molecule has 0 saturated carbocycles. The molecule has 1 aliphatic rings. The maximum Gasteiger partial charge on any atom is 0.262 e. The summed E-state index contributed by atoms with van der Waals surface area (Å²) in [5.74, 6) is 0.108. The van der Waals surface area contributed by atoms with E-state index < -0.39 is 10.0 Å². The van der Waals surface area contributed by atoms with Crippen LogP contribution in [0.15, 0.2) is 83.8 Å². The third-order valence-corrected chi connectivity index (χ3v) is 7.33. The van der Waals surface area contributed by atoms with Gasteiger partial charge in [-0.15, -0.1) is 0 Å². The van der Waals surface area contributed by atoms with Crippen LogP contribution in [0.4, 0.5) is 11.4 Å². The Hall–Kier alpha value is -3.56. The van der Waals surface area contributed by atoms with Gasteiger partial charge in [-0.05, 0) is 42.5 Å². The van der Waals surface area contributed by atoms with Crippen LogP contribution in [0.2, 0.25) is 0 Å². The fourth-order valence-electron chi connectivity index (χ4n) is 4.04. The monoisotopic (exact) mass is 494 g/mol. The number of benzene rings is 3. The van der Waals surface area contributed by atoms with Crippen molar-refractivity contribution in [1.82, 2.24) is 10.2 Å². The Morgan fingerprint density at radius 1 is 0.914 bits per heavy atom. The number of para-hydroxylation sites is 3. The molecule has 0 atom stereocenters. The van der Waals surface area contributed by atoms with Crippen LogP contribution in [0.1, 0.15) is 10.4 Å². The van der Waals surface area contributed by atoms with Crippen LogP contribution in [0.25, 0.3) is 0 Å². The van der Waals surface area contributed by atoms with Crippen LogP contribution in [-0.2, 0) is 10.0 Å². The minimum absolute atomic E-state index is 0.00749. The smallest absolute Gasteiger partial charge is 0.262 e. The van der Waals surface area contributed by atoms with E-state index in [4.69, 9.17) is 4.74 Å². The van der Waals surface area contributed by atoms with Crippen LogP contribution in [0, 0.1) is 0 Å². The van der Waals surface area contributed by atoms with E-state index in [0.29, 0.717) is 23.5 Å². The van der Waals surface area contributed by atoms with E-state index in [1.807, 2.05) is 18.2 Å². The van der Waals surface area contributed by atoms with Crippen molar-refractivity contribution >= 4 is 27.3 Å². The van der Waals surface area contributed by atoms with Crippen LogP contribution in [-0.4, -0.2) is 65.6 Å². The van der Waals surface area contributed by atoms with E-state index in [1.165, 1.54) is 24.9 Å². The van der Waals surface area contributed by atoms with Gasteiger partial charge in [-0.1, -0.05) is 36.4 Å². The van der Waals surface area contributed by atoms with Gasteiger partial charge in [0.05, 0.1) is 17.7 Å². The van der Waals surface area contributed by atoms with Crippen LogP contribution < -0.4 is 19.7 Å². The minimum Gasteiger partial charge on any atom is -0.495 e. The molecule has 8 nitrogen and oxygen atoms in total. The van der Waals surface area contributed by atoms with Gasteiger partial charge in [0.2, 0.25) is 0 Å². The number of sulfonamides is 1. The highest BCUT2D eigenvalue weighted by Crippen LogP contribution is 2.26. The summed E-state index contributed by atoms with van der Waals surface area (Å²) in [5, 5.41) is 2.91. The molecular formula is C26H30N4O4S. The van der Waals surface area contributed by atoms with Crippen molar-refractivity contribution in [2.75, 3.05) is 56.0 Å². The van der Waals surface area contributed by atoms with Gasteiger partial charge in [0.15, 0.2) is 0 Å². The second-order valence-corrected chi connectivity index (χ2v) is 9.94. The number of rotatable bonds is 9. The summed E-state index contributed by atoms with van der Waals surface area (Å²) in [6.45, 7) is 4.96. The molecule has 184 valence electrons. The zero-order valence-electron chi connectivity index (χ0n) is 19.7. The Bertz CT molecular complexity index is 1240. The number of hydrogen-bond acceptors (Lipinski definition) is 6. The van der Waals surface area contributed by atoms with E-state index >= 15 is 0 Å². The molecule has 0 aliphatic carbocycles. The molecule has 1 amide bonds. The summed E-state index contributed by atoms with van der Waals surface area (Å²) in [6, 6.07) is 23.1. The summed E-state index contributed by atoms with van der Waals surface area (Å²) < 4.78 is 33.5. The molecule has 2 N–H and O–H groups in total. The number of nitrogens with zero attached hydrogens (tertiary/aromatic N) is 2. The summed E-state index contributed by atoms with van der Waals surface area (Å²) in [6.07, 6.45) is 0. The molecule has 1 fully saturated rings. The Labute approximate surface area is 206 Å². The zero-order chi connectivity index (χ0) is 24.7. The van der Waals surface area contributed by atoms with Crippen molar-refractivity contribution in [2.24, 2.45) is 0 Å². The first kappa shape index (κ1) is 24.6. The van der Waals surface area contributed by atoms with Crippen LogP contribution in [0.3, 0.4) is 0 Å². The lowest BCUT2D eigenvalue weighted by atomic mass is 10.2. The van der Waals surface area contributed by atoms with E-state index in [9.17, 15) is 13.2 Å². The summed E-state index contributed by atoms with van der Waals surface area (Å²) >= 11 is 0. The van der Waals surface area contributed by atoms with Gasteiger partial charge in [-0.2, -0.15) is 0 Å². The highest BCUT2D eigenvalue weighted by molar-refractivity contribution is 7.92. The lowest BCUT2D eigenvalue weighted by Crippen LogP contribution is -2.48. The molecule has 35 heavy (non-hydrogen) atoms. The number of ether oxygens (including phenoxy) is 1. The van der Waals surface area contributed by atoms with Gasteiger partial charge < -0.3 is 15.0 Å². The molecule has 4 rings (SSSR count). The topological polar surface area (TPSA) is 91.0 Å². The average Bonchev–Trinajstić information content (AvgIpc) is 2.90. The summed E-state index contributed by atoms with van der Waals surface area (Å²) in [5.41, 5.74) is 1.86. The number of hydrogen-bond donors (Lipinski definition) is 2. The molecule has 1 saturated heterocycles. The van der Waals surface area contributed by atoms with Gasteiger partial charge in [-0.25, -0.2) is 8.42 Å². The molecule has 3 aromatic carbocycles. The molecule has 3 aromatic rings. The Morgan fingerprint density at radius 2 is 1.63 bits per heavy atom. The SMILES string of the molecule is COc1ccccc1NS(=O)(=O)c1cccc(C(=O)NCCN2CCN(c3ccccc3)CC2)c1. The molecule has 0 bridgehead atoms. The number of methoxy groups -OCH3 is 1. The van der Waals surface area contributed by atoms with Crippen LogP contribution >= 0.6 is 0 Å². The largest absolute Gasteiger partial charge is 0.495 e. The van der Waals surface area contributed by atoms with Gasteiger partial charge >= 0.3 is 0 Å². The molecule has 0 radical (unpaired) electrons. The van der Waals surface area contributed by atoms with Gasteiger partial charge in [0, 0.05) is 50.5 Å². The van der Waals surface area contributed by atoms with Crippen molar-refractivity contribution in [1.29, 1.82) is 0 Å². The average molecular weight is 495 g/mol.